The van der Waals surface area contributed by atoms with Gasteiger partial charge in [-0.3, -0.25) is 9.78 Å². The van der Waals surface area contributed by atoms with Crippen LogP contribution in [0.1, 0.15) is 50.8 Å². The highest BCUT2D eigenvalue weighted by molar-refractivity contribution is 5.75. The summed E-state index contributed by atoms with van der Waals surface area (Å²) in [5.74, 6) is 2.68. The average molecular weight is 427 g/mol. The third-order valence-electron chi connectivity index (χ3n) is 8.04. The number of allylic oxidation sites excluding steroid dienone is 1. The van der Waals surface area contributed by atoms with Gasteiger partial charge in [0.1, 0.15) is 6.10 Å². The van der Waals surface area contributed by atoms with Gasteiger partial charge in [-0.1, -0.05) is 43.7 Å². The third-order valence-corrected chi connectivity index (χ3v) is 8.04. The largest absolute Gasteiger partial charge is 0.462 e. The second-order valence-corrected chi connectivity index (χ2v) is 9.97. The van der Waals surface area contributed by atoms with Crippen LogP contribution in [0.2, 0.25) is 0 Å². The summed E-state index contributed by atoms with van der Waals surface area (Å²) >= 11 is 0. The number of carbonyl (C=O) groups is 1. The molecule has 1 aromatic carbocycles. The number of fused-ring (bicyclic) bond motifs is 2. The Bertz CT molecular complexity index is 1070. The van der Waals surface area contributed by atoms with Gasteiger partial charge < -0.3 is 4.74 Å². The van der Waals surface area contributed by atoms with Crippen LogP contribution in [0.4, 0.5) is 0 Å². The first-order valence-electron chi connectivity index (χ1n) is 11.9. The molecule has 2 saturated carbocycles. The second-order valence-electron chi connectivity index (χ2n) is 9.97. The first kappa shape index (κ1) is 20.9. The van der Waals surface area contributed by atoms with Crippen LogP contribution < -0.4 is 0 Å². The molecule has 0 amide bonds. The zero-order valence-corrected chi connectivity index (χ0v) is 18.8. The molecule has 4 nitrogen and oxygen atoms in total. The number of hydrogen-bond donors (Lipinski definition) is 0. The molecule has 3 aliphatic rings. The van der Waals surface area contributed by atoms with E-state index < -0.39 is 0 Å². The smallest absolute Gasteiger partial charge is 0.309 e. The summed E-state index contributed by atoms with van der Waals surface area (Å²) in [6, 6.07) is 13.9. The van der Waals surface area contributed by atoms with Crippen molar-refractivity contribution in [2.45, 2.75) is 45.6 Å². The van der Waals surface area contributed by atoms with Crippen molar-refractivity contribution >= 4 is 12.0 Å². The molecule has 3 fully saturated rings. The fourth-order valence-electron chi connectivity index (χ4n) is 6.56. The SMILES string of the molecule is C[C@@H]1CC[C@@H]2[C@@H](C1)C[C@H]1C(=O)O[C@H](C)[C@H]1[C@H]2/C=C/c1ccc(-c2ccccc2C#N)cn1. The van der Waals surface area contributed by atoms with Gasteiger partial charge in [-0.25, -0.2) is 0 Å². The predicted octanol–water partition coefficient (Wildman–Crippen LogP) is 5.88. The summed E-state index contributed by atoms with van der Waals surface area (Å²) in [6.07, 6.45) is 11.0. The summed E-state index contributed by atoms with van der Waals surface area (Å²) in [5, 5.41) is 9.37. The van der Waals surface area contributed by atoms with E-state index in [2.05, 4.69) is 37.1 Å². The molecular formula is C28H30N2O2. The first-order chi connectivity index (χ1) is 15.5. The van der Waals surface area contributed by atoms with Crippen molar-refractivity contribution in [1.29, 1.82) is 5.26 Å². The number of ether oxygens (including phenoxy) is 1. The number of esters is 1. The Labute approximate surface area is 190 Å². The van der Waals surface area contributed by atoms with Gasteiger partial charge in [0.15, 0.2) is 0 Å². The van der Waals surface area contributed by atoms with Crippen LogP contribution in [0.5, 0.6) is 0 Å². The standard InChI is InChI=1S/C28H30N2O2/c1-17-7-11-24-21(13-17)14-26-27(18(2)32-28(26)31)25(24)12-10-22-9-8-20(16-30-22)23-6-4-3-5-19(23)15-29/h3-6,8-10,12,16-18,21,24-27H,7,11,13-14H2,1-2H3/b12-10+/t17-,18-,21+,24-,25+,26-,27+/m1/s1. The van der Waals surface area contributed by atoms with Crippen LogP contribution in [0.25, 0.3) is 17.2 Å². The topological polar surface area (TPSA) is 63.0 Å². The van der Waals surface area contributed by atoms with Crippen molar-refractivity contribution < 1.29 is 9.53 Å². The maximum absolute atomic E-state index is 12.5. The molecular weight excluding hydrogens is 396 g/mol. The van der Waals surface area contributed by atoms with Crippen molar-refractivity contribution in [2.75, 3.05) is 0 Å². The number of benzene rings is 1. The van der Waals surface area contributed by atoms with Gasteiger partial charge in [-0.15, -0.1) is 0 Å². The molecule has 2 aliphatic carbocycles. The molecule has 7 atom stereocenters. The van der Waals surface area contributed by atoms with Crippen molar-refractivity contribution in [2.24, 2.45) is 35.5 Å². The molecule has 32 heavy (non-hydrogen) atoms. The number of carbonyl (C=O) groups excluding carboxylic acids is 1. The van der Waals surface area contributed by atoms with Crippen LogP contribution in [0.15, 0.2) is 48.7 Å². The highest BCUT2D eigenvalue weighted by Crippen LogP contribution is 2.54. The zero-order chi connectivity index (χ0) is 22.2. The van der Waals surface area contributed by atoms with Crippen LogP contribution in [0.3, 0.4) is 0 Å². The minimum atomic E-state index is -0.0136. The summed E-state index contributed by atoms with van der Waals surface area (Å²) in [7, 11) is 0. The number of cyclic esters (lactones) is 1. The molecule has 0 N–H and O–H groups in total. The fourth-order valence-corrected chi connectivity index (χ4v) is 6.56. The van der Waals surface area contributed by atoms with Crippen molar-refractivity contribution in [3.8, 4) is 17.2 Å². The Hall–Kier alpha value is -2.93. The van der Waals surface area contributed by atoms with Crippen LogP contribution in [-0.2, 0) is 9.53 Å². The van der Waals surface area contributed by atoms with Crippen LogP contribution >= 0.6 is 0 Å². The molecule has 0 unspecified atom stereocenters. The monoisotopic (exact) mass is 426 g/mol. The zero-order valence-electron chi connectivity index (χ0n) is 18.8. The van der Waals surface area contributed by atoms with Crippen LogP contribution in [0, 0.1) is 46.8 Å². The Morgan fingerprint density at radius 3 is 2.75 bits per heavy atom. The fraction of sp³-hybridized carbons (Fsp3) is 0.464. The van der Waals surface area contributed by atoms with Gasteiger partial charge in [0.05, 0.1) is 23.2 Å². The second kappa shape index (κ2) is 8.54. The molecule has 4 heteroatoms. The molecule has 0 bridgehead atoms. The van der Waals surface area contributed by atoms with E-state index >= 15 is 0 Å². The molecule has 1 aromatic heterocycles. The van der Waals surface area contributed by atoms with Gasteiger partial charge in [0, 0.05) is 23.2 Å². The Kier molecular flexibility index (Phi) is 5.59. The highest BCUT2D eigenvalue weighted by Gasteiger charge is 2.54. The Balaban J connectivity index is 1.40. The lowest BCUT2D eigenvalue weighted by atomic mass is 9.56. The quantitative estimate of drug-likeness (QED) is 0.575. The molecule has 0 spiro atoms. The van der Waals surface area contributed by atoms with E-state index in [9.17, 15) is 10.1 Å². The Morgan fingerprint density at radius 1 is 1.12 bits per heavy atom. The van der Waals surface area contributed by atoms with Crippen LogP contribution in [-0.4, -0.2) is 17.1 Å². The minimum absolute atomic E-state index is 0.0104. The summed E-state index contributed by atoms with van der Waals surface area (Å²) in [6.45, 7) is 4.41. The molecule has 1 aliphatic heterocycles. The molecule has 1 saturated heterocycles. The van der Waals surface area contributed by atoms with Gasteiger partial charge in [-0.2, -0.15) is 5.26 Å². The number of hydrogen-bond acceptors (Lipinski definition) is 4. The van der Waals surface area contributed by atoms with Gasteiger partial charge >= 0.3 is 5.97 Å². The van der Waals surface area contributed by atoms with E-state index in [0.29, 0.717) is 23.3 Å². The predicted molar refractivity (Wildman–Crippen MR) is 124 cm³/mol. The number of aromatic nitrogens is 1. The first-order valence-corrected chi connectivity index (χ1v) is 11.9. The number of nitriles is 1. The van der Waals surface area contributed by atoms with Crippen molar-refractivity contribution in [3.05, 3.63) is 59.9 Å². The molecule has 164 valence electrons. The molecule has 0 radical (unpaired) electrons. The van der Waals surface area contributed by atoms with E-state index in [0.717, 1.165) is 29.2 Å². The van der Waals surface area contributed by atoms with Gasteiger partial charge in [0.2, 0.25) is 0 Å². The highest BCUT2D eigenvalue weighted by atomic mass is 16.6. The maximum atomic E-state index is 12.5. The summed E-state index contributed by atoms with van der Waals surface area (Å²) in [5.41, 5.74) is 3.41. The summed E-state index contributed by atoms with van der Waals surface area (Å²) < 4.78 is 5.70. The van der Waals surface area contributed by atoms with Crippen molar-refractivity contribution in [1.82, 2.24) is 4.98 Å². The number of nitrogens with zero attached hydrogens (tertiary/aromatic N) is 2. The molecule has 2 heterocycles. The molecule has 5 rings (SSSR count). The number of pyridine rings is 1. The average Bonchev–Trinajstić information content (AvgIpc) is 3.10. The van der Waals surface area contributed by atoms with E-state index in [-0.39, 0.29) is 23.9 Å². The summed E-state index contributed by atoms with van der Waals surface area (Å²) in [4.78, 5) is 17.2. The molecule has 2 aromatic rings. The van der Waals surface area contributed by atoms with E-state index in [1.54, 1.807) is 0 Å². The van der Waals surface area contributed by atoms with Gasteiger partial charge in [0.25, 0.3) is 0 Å². The van der Waals surface area contributed by atoms with Gasteiger partial charge in [-0.05, 0) is 68.1 Å². The number of rotatable bonds is 3. The third kappa shape index (κ3) is 3.75. The normalized spacial score (nSPS) is 33.9. The van der Waals surface area contributed by atoms with E-state index in [1.165, 1.54) is 19.3 Å². The van der Waals surface area contributed by atoms with Crippen molar-refractivity contribution in [3.63, 3.8) is 0 Å². The minimum Gasteiger partial charge on any atom is -0.462 e. The lowest BCUT2D eigenvalue weighted by Crippen LogP contribution is -2.43. The van der Waals surface area contributed by atoms with E-state index in [1.807, 2.05) is 42.6 Å². The lowest BCUT2D eigenvalue weighted by Gasteiger charge is -2.47. The maximum Gasteiger partial charge on any atom is 0.309 e. The Morgan fingerprint density at radius 2 is 1.97 bits per heavy atom. The van der Waals surface area contributed by atoms with E-state index in [4.69, 9.17) is 4.74 Å². The lowest BCUT2D eigenvalue weighted by molar-refractivity contribution is -0.144.